The van der Waals surface area contributed by atoms with Gasteiger partial charge in [0.1, 0.15) is 5.82 Å². The number of nitrogens with zero attached hydrogens (tertiary/aromatic N) is 1. The topological polar surface area (TPSA) is 54.9 Å². The molecule has 0 aliphatic heterocycles. The first kappa shape index (κ1) is 23.0. The van der Waals surface area contributed by atoms with Gasteiger partial charge in [0.15, 0.2) is 17.5 Å². The van der Waals surface area contributed by atoms with Gasteiger partial charge in [-0.3, -0.25) is 4.99 Å². The van der Waals surface area contributed by atoms with Gasteiger partial charge in [-0.15, -0.1) is 24.0 Å². The van der Waals surface area contributed by atoms with E-state index in [4.69, 9.17) is 9.47 Å². The number of nitrogens with one attached hydrogen (secondary N) is 2. The largest absolute Gasteiger partial charge is 0.493 e. The Kier molecular flexibility index (Phi) is 9.92. The van der Waals surface area contributed by atoms with Gasteiger partial charge in [-0.05, 0) is 48.7 Å². The van der Waals surface area contributed by atoms with Crippen LogP contribution in [0.4, 0.5) is 4.39 Å². The summed E-state index contributed by atoms with van der Waals surface area (Å²) in [7, 11) is 3.32. The van der Waals surface area contributed by atoms with Crippen LogP contribution in [0.15, 0.2) is 41.4 Å². The maximum Gasteiger partial charge on any atom is 0.191 e. The van der Waals surface area contributed by atoms with Crippen molar-refractivity contribution in [2.24, 2.45) is 4.99 Å². The zero-order valence-corrected chi connectivity index (χ0v) is 18.5. The van der Waals surface area contributed by atoms with Gasteiger partial charge in [0.2, 0.25) is 0 Å². The third-order valence-corrected chi connectivity index (χ3v) is 3.91. The maximum absolute atomic E-state index is 13.6. The van der Waals surface area contributed by atoms with Crippen molar-refractivity contribution in [2.45, 2.75) is 26.9 Å². The number of ether oxygens (including phenoxy) is 2. The Bertz CT molecular complexity index is 769. The molecule has 0 aliphatic rings. The lowest BCUT2D eigenvalue weighted by Crippen LogP contribution is -2.36. The average Bonchev–Trinajstić information content (AvgIpc) is 2.65. The number of hydrogen-bond acceptors (Lipinski definition) is 3. The molecule has 0 spiro atoms. The number of methoxy groups -OCH3 is 1. The average molecular weight is 487 g/mol. The van der Waals surface area contributed by atoms with E-state index < -0.39 is 0 Å². The first-order chi connectivity index (χ1) is 12.6. The fourth-order valence-corrected chi connectivity index (χ4v) is 2.44. The summed E-state index contributed by atoms with van der Waals surface area (Å²) in [6.07, 6.45) is 0. The summed E-state index contributed by atoms with van der Waals surface area (Å²) in [6.45, 7) is 5.32. The Morgan fingerprint density at radius 3 is 2.22 bits per heavy atom. The minimum Gasteiger partial charge on any atom is -0.493 e. The van der Waals surface area contributed by atoms with Crippen LogP contribution < -0.4 is 20.1 Å². The van der Waals surface area contributed by atoms with E-state index in [-0.39, 0.29) is 29.8 Å². The van der Waals surface area contributed by atoms with Gasteiger partial charge in [-0.25, -0.2) is 4.39 Å². The quantitative estimate of drug-likeness (QED) is 0.352. The predicted molar refractivity (Wildman–Crippen MR) is 118 cm³/mol. The second-order valence-electron chi connectivity index (χ2n) is 5.78. The van der Waals surface area contributed by atoms with Gasteiger partial charge in [-0.2, -0.15) is 0 Å². The van der Waals surface area contributed by atoms with Gasteiger partial charge >= 0.3 is 0 Å². The van der Waals surface area contributed by atoms with Gasteiger partial charge < -0.3 is 20.1 Å². The van der Waals surface area contributed by atoms with Gasteiger partial charge in [0.25, 0.3) is 0 Å². The summed E-state index contributed by atoms with van der Waals surface area (Å²) in [5.74, 6) is 1.86. The fraction of sp³-hybridized carbons (Fsp3) is 0.350. The van der Waals surface area contributed by atoms with E-state index in [1.807, 2.05) is 31.2 Å². The number of halogens is 2. The van der Waals surface area contributed by atoms with Crippen molar-refractivity contribution in [1.29, 1.82) is 0 Å². The minimum absolute atomic E-state index is 0. The van der Waals surface area contributed by atoms with E-state index in [9.17, 15) is 4.39 Å². The van der Waals surface area contributed by atoms with E-state index in [0.29, 0.717) is 42.7 Å². The maximum atomic E-state index is 13.6. The molecule has 0 radical (unpaired) electrons. The van der Waals surface area contributed by atoms with E-state index >= 15 is 0 Å². The summed E-state index contributed by atoms with van der Waals surface area (Å²) in [6, 6.07) is 11.0. The molecule has 2 aromatic rings. The van der Waals surface area contributed by atoms with Crippen molar-refractivity contribution >= 4 is 29.9 Å². The highest BCUT2D eigenvalue weighted by Gasteiger charge is 2.06. The van der Waals surface area contributed by atoms with Gasteiger partial charge in [0.05, 0.1) is 13.7 Å². The SMILES string of the molecule is CCOc1cc(CNC(=NC)NCc2ccc(C)c(F)c2)ccc1OC.I. The van der Waals surface area contributed by atoms with E-state index in [1.54, 1.807) is 27.1 Å². The monoisotopic (exact) mass is 487 g/mol. The zero-order valence-electron chi connectivity index (χ0n) is 16.1. The Labute approximate surface area is 177 Å². The van der Waals surface area contributed by atoms with Crippen LogP contribution in [0.3, 0.4) is 0 Å². The molecule has 2 rings (SSSR count). The lowest BCUT2D eigenvalue weighted by Gasteiger charge is -2.14. The van der Waals surface area contributed by atoms with Crippen LogP contribution in [0.25, 0.3) is 0 Å². The standard InChI is InChI=1S/C20H26FN3O2.HI/c1-5-26-19-11-16(8-9-18(19)25-4)13-24-20(22-3)23-12-15-7-6-14(2)17(21)10-15;/h6-11H,5,12-13H2,1-4H3,(H2,22,23,24);1H. The summed E-state index contributed by atoms with van der Waals surface area (Å²) >= 11 is 0. The number of aliphatic imine (C=N–C) groups is 1. The van der Waals surface area contributed by atoms with Crippen molar-refractivity contribution < 1.29 is 13.9 Å². The minimum atomic E-state index is -0.200. The van der Waals surface area contributed by atoms with Crippen LogP contribution in [-0.2, 0) is 13.1 Å². The molecule has 5 nitrogen and oxygen atoms in total. The van der Waals surface area contributed by atoms with Crippen molar-refractivity contribution in [3.05, 3.63) is 58.9 Å². The molecule has 0 unspecified atom stereocenters. The fourth-order valence-electron chi connectivity index (χ4n) is 2.44. The highest BCUT2D eigenvalue weighted by Crippen LogP contribution is 2.27. The summed E-state index contributed by atoms with van der Waals surface area (Å²) < 4.78 is 24.5. The smallest absolute Gasteiger partial charge is 0.191 e. The summed E-state index contributed by atoms with van der Waals surface area (Å²) in [5.41, 5.74) is 2.54. The normalized spacial score (nSPS) is 10.8. The predicted octanol–water partition coefficient (Wildman–Crippen LogP) is 4.02. The Morgan fingerprint density at radius 1 is 1.04 bits per heavy atom. The van der Waals surface area contributed by atoms with Gasteiger partial charge in [-0.1, -0.05) is 18.2 Å². The first-order valence-corrected chi connectivity index (χ1v) is 8.56. The number of rotatable bonds is 7. The van der Waals surface area contributed by atoms with E-state index in [2.05, 4.69) is 15.6 Å². The van der Waals surface area contributed by atoms with Crippen LogP contribution in [0.5, 0.6) is 11.5 Å². The molecule has 0 saturated carbocycles. The van der Waals surface area contributed by atoms with Crippen molar-refractivity contribution in [2.75, 3.05) is 20.8 Å². The molecule has 148 valence electrons. The molecule has 2 aromatic carbocycles. The molecular formula is C20H27FIN3O2. The molecule has 0 atom stereocenters. The molecule has 0 saturated heterocycles. The molecule has 0 aromatic heterocycles. The molecule has 0 aliphatic carbocycles. The molecule has 2 N–H and O–H groups in total. The van der Waals surface area contributed by atoms with Crippen molar-refractivity contribution in [1.82, 2.24) is 10.6 Å². The molecule has 0 heterocycles. The van der Waals surface area contributed by atoms with Crippen LogP contribution in [-0.4, -0.2) is 26.7 Å². The van der Waals surface area contributed by atoms with E-state index in [1.165, 1.54) is 6.07 Å². The van der Waals surface area contributed by atoms with Crippen LogP contribution in [0, 0.1) is 12.7 Å². The number of aryl methyl sites for hydroxylation is 1. The number of guanidine groups is 1. The lowest BCUT2D eigenvalue weighted by atomic mass is 10.1. The van der Waals surface area contributed by atoms with Crippen LogP contribution >= 0.6 is 24.0 Å². The van der Waals surface area contributed by atoms with Gasteiger partial charge in [0, 0.05) is 20.1 Å². The van der Waals surface area contributed by atoms with Crippen LogP contribution in [0.1, 0.15) is 23.6 Å². The highest BCUT2D eigenvalue weighted by molar-refractivity contribution is 14.0. The zero-order chi connectivity index (χ0) is 18.9. The molecule has 27 heavy (non-hydrogen) atoms. The molecular weight excluding hydrogens is 460 g/mol. The lowest BCUT2D eigenvalue weighted by molar-refractivity contribution is 0.310. The highest BCUT2D eigenvalue weighted by atomic mass is 127. The summed E-state index contributed by atoms with van der Waals surface area (Å²) in [4.78, 5) is 4.20. The Balaban J connectivity index is 0.00000364. The van der Waals surface area contributed by atoms with Crippen molar-refractivity contribution in [3.63, 3.8) is 0 Å². The Morgan fingerprint density at radius 2 is 1.67 bits per heavy atom. The molecule has 0 amide bonds. The Hall–Kier alpha value is -2.03. The number of benzene rings is 2. The van der Waals surface area contributed by atoms with Crippen LogP contribution in [0.2, 0.25) is 0 Å². The number of hydrogen-bond donors (Lipinski definition) is 2. The second-order valence-corrected chi connectivity index (χ2v) is 5.78. The van der Waals surface area contributed by atoms with Crippen molar-refractivity contribution in [3.8, 4) is 11.5 Å². The summed E-state index contributed by atoms with van der Waals surface area (Å²) in [5, 5.41) is 6.42. The third kappa shape index (κ3) is 6.89. The first-order valence-electron chi connectivity index (χ1n) is 8.56. The second kappa shape index (κ2) is 11.6. The molecule has 7 heteroatoms. The third-order valence-electron chi connectivity index (χ3n) is 3.91. The van der Waals surface area contributed by atoms with E-state index in [0.717, 1.165) is 11.1 Å². The molecule has 0 fully saturated rings. The molecule has 0 bridgehead atoms.